The average molecular weight is 365 g/mol. The van der Waals surface area contributed by atoms with Crippen LogP contribution in [0.15, 0.2) is 18.2 Å². The lowest BCUT2D eigenvalue weighted by Crippen LogP contribution is -2.44. The van der Waals surface area contributed by atoms with Crippen LogP contribution in [0, 0.1) is 0 Å². The average Bonchev–Trinajstić information content (AvgIpc) is 2.63. The Morgan fingerprint density at radius 1 is 1.38 bits per heavy atom. The number of hydrogen-bond acceptors (Lipinski definition) is 6. The van der Waals surface area contributed by atoms with Crippen LogP contribution in [0.4, 0.5) is 5.69 Å². The second-order valence-electron chi connectivity index (χ2n) is 6.35. The number of nitrogens with zero attached hydrogens (tertiary/aromatic N) is 2. The number of carbonyl (C=O) groups excluding carboxylic acids is 2. The molecule has 2 amide bonds. The topological polar surface area (TPSA) is 91.3 Å². The molecule has 1 aliphatic rings. The fraction of sp³-hybridized carbons (Fsp3) is 0.556. The quantitative estimate of drug-likeness (QED) is 0.635. The number of anilines is 1. The summed E-state index contributed by atoms with van der Waals surface area (Å²) < 4.78 is 10.9. The van der Waals surface area contributed by atoms with Crippen molar-refractivity contribution in [1.29, 1.82) is 0 Å². The molecule has 0 radical (unpaired) electrons. The van der Waals surface area contributed by atoms with E-state index in [-0.39, 0.29) is 37.5 Å². The Hall–Kier alpha value is -2.32. The minimum atomic E-state index is -0.120. The molecule has 0 unspecified atom stereocenters. The lowest BCUT2D eigenvalue weighted by molar-refractivity contribution is -0.121. The molecule has 1 aromatic rings. The van der Waals surface area contributed by atoms with E-state index in [4.69, 9.17) is 14.6 Å². The fourth-order valence-corrected chi connectivity index (χ4v) is 2.71. The molecule has 0 aliphatic carbocycles. The number of rotatable bonds is 8. The number of likely N-dealkylation sites (N-methyl/N-ethyl adjacent to an activating group) is 1. The number of ether oxygens (including phenoxy) is 2. The van der Waals surface area contributed by atoms with Gasteiger partial charge >= 0.3 is 0 Å². The molecule has 2 rings (SSSR count). The van der Waals surface area contributed by atoms with Gasteiger partial charge in [-0.3, -0.25) is 9.59 Å². The molecule has 8 nitrogen and oxygen atoms in total. The molecule has 0 saturated heterocycles. The maximum absolute atomic E-state index is 12.2. The highest BCUT2D eigenvalue weighted by Crippen LogP contribution is 2.34. The molecule has 8 heteroatoms. The number of nitrogens with one attached hydrogen (secondary N) is 1. The molecule has 0 bridgehead atoms. The predicted octanol–water partition coefficient (Wildman–Crippen LogP) is 0.101. The van der Waals surface area contributed by atoms with Gasteiger partial charge in [0.2, 0.25) is 5.91 Å². The van der Waals surface area contributed by atoms with Crippen molar-refractivity contribution in [2.75, 3.05) is 59.0 Å². The molecule has 0 fully saturated rings. The summed E-state index contributed by atoms with van der Waals surface area (Å²) in [5.74, 6) is 0.530. The number of fused-ring (bicyclic) bond motifs is 1. The van der Waals surface area contributed by atoms with E-state index in [1.165, 1.54) is 4.90 Å². The van der Waals surface area contributed by atoms with Crippen LogP contribution in [-0.4, -0.2) is 82.0 Å². The predicted molar refractivity (Wildman–Crippen MR) is 97.7 cm³/mol. The lowest BCUT2D eigenvalue weighted by atomic mass is 10.1. The van der Waals surface area contributed by atoms with Crippen LogP contribution < -0.4 is 15.0 Å². The normalized spacial score (nSPS) is 15.8. The zero-order chi connectivity index (χ0) is 19.1. The number of carbonyl (C=O) groups is 2. The van der Waals surface area contributed by atoms with Crippen LogP contribution in [0.5, 0.6) is 5.75 Å². The van der Waals surface area contributed by atoms with Crippen molar-refractivity contribution in [2.24, 2.45) is 0 Å². The first-order chi connectivity index (χ1) is 12.4. The monoisotopic (exact) mass is 365 g/mol. The molecule has 2 N–H and O–H groups in total. The van der Waals surface area contributed by atoms with E-state index in [9.17, 15) is 9.59 Å². The minimum absolute atomic E-state index is 0.0319. The first kappa shape index (κ1) is 20.0. The van der Waals surface area contributed by atoms with Crippen LogP contribution in [0.25, 0.3) is 0 Å². The van der Waals surface area contributed by atoms with Crippen LogP contribution in [0.1, 0.15) is 16.8 Å². The molecule has 144 valence electrons. The summed E-state index contributed by atoms with van der Waals surface area (Å²) in [5, 5.41) is 11.4. The summed E-state index contributed by atoms with van der Waals surface area (Å²) >= 11 is 0. The van der Waals surface area contributed by atoms with E-state index in [1.807, 2.05) is 11.9 Å². The maximum atomic E-state index is 12.2. The fourth-order valence-electron chi connectivity index (χ4n) is 2.71. The van der Waals surface area contributed by atoms with Gasteiger partial charge in [-0.25, -0.2) is 0 Å². The Morgan fingerprint density at radius 2 is 2.15 bits per heavy atom. The summed E-state index contributed by atoms with van der Waals surface area (Å²) in [4.78, 5) is 27.8. The first-order valence-electron chi connectivity index (χ1n) is 8.60. The molecule has 0 spiro atoms. The molecule has 1 atom stereocenters. The van der Waals surface area contributed by atoms with Crippen molar-refractivity contribution < 1.29 is 24.2 Å². The smallest absolute Gasteiger partial charge is 0.253 e. The van der Waals surface area contributed by atoms with E-state index >= 15 is 0 Å². The molecule has 0 aromatic heterocycles. The van der Waals surface area contributed by atoms with Gasteiger partial charge in [0, 0.05) is 33.3 Å². The number of aliphatic hydroxyl groups excluding tert-OH is 1. The molecular weight excluding hydrogens is 338 g/mol. The van der Waals surface area contributed by atoms with E-state index in [1.54, 1.807) is 32.3 Å². The van der Waals surface area contributed by atoms with Gasteiger partial charge in [0.25, 0.3) is 5.91 Å². The van der Waals surface area contributed by atoms with Crippen LogP contribution in [-0.2, 0) is 9.53 Å². The second kappa shape index (κ2) is 9.40. The van der Waals surface area contributed by atoms with Gasteiger partial charge in [0.1, 0.15) is 12.4 Å². The van der Waals surface area contributed by atoms with Crippen molar-refractivity contribution >= 4 is 17.5 Å². The highest BCUT2D eigenvalue weighted by Gasteiger charge is 2.27. The van der Waals surface area contributed by atoms with Crippen molar-refractivity contribution in [3.05, 3.63) is 23.8 Å². The number of benzene rings is 1. The van der Waals surface area contributed by atoms with E-state index in [0.717, 1.165) is 5.69 Å². The second-order valence-corrected chi connectivity index (χ2v) is 6.35. The van der Waals surface area contributed by atoms with Crippen molar-refractivity contribution in [2.45, 2.75) is 12.5 Å². The third kappa shape index (κ3) is 5.09. The van der Waals surface area contributed by atoms with E-state index in [0.29, 0.717) is 31.1 Å². The van der Waals surface area contributed by atoms with Gasteiger partial charge in [-0.15, -0.1) is 0 Å². The molecule has 26 heavy (non-hydrogen) atoms. The number of hydrogen-bond donors (Lipinski definition) is 2. The third-order valence-corrected chi connectivity index (χ3v) is 4.20. The summed E-state index contributed by atoms with van der Waals surface area (Å²) in [7, 11) is 5.31. The summed E-state index contributed by atoms with van der Waals surface area (Å²) in [6.07, 6.45) is 0.280. The summed E-state index contributed by atoms with van der Waals surface area (Å²) in [6, 6.07) is 5.21. The highest BCUT2D eigenvalue weighted by molar-refractivity contribution is 5.95. The van der Waals surface area contributed by atoms with Crippen molar-refractivity contribution in [3.8, 4) is 5.75 Å². The molecule has 1 aromatic carbocycles. The molecule has 1 aliphatic heterocycles. The van der Waals surface area contributed by atoms with E-state index < -0.39 is 0 Å². The van der Waals surface area contributed by atoms with Crippen LogP contribution >= 0.6 is 0 Å². The van der Waals surface area contributed by atoms with Crippen LogP contribution in [0.3, 0.4) is 0 Å². The molecule has 1 heterocycles. The summed E-state index contributed by atoms with van der Waals surface area (Å²) in [6.45, 7) is 1.39. The highest BCUT2D eigenvalue weighted by atomic mass is 16.5. The first-order valence-corrected chi connectivity index (χ1v) is 8.60. The number of aliphatic hydroxyl groups is 1. The summed E-state index contributed by atoms with van der Waals surface area (Å²) in [5.41, 5.74) is 1.38. The van der Waals surface area contributed by atoms with Crippen molar-refractivity contribution in [3.63, 3.8) is 0 Å². The lowest BCUT2D eigenvalue weighted by Gasteiger charge is -2.35. The standard InChI is InChI=1S/C18H27N3O5/c1-20(2)18(24)13-4-5-16-15(10-13)21(3)14(12-26-16)11-17(23)19-6-8-25-9-7-22/h4-5,10,14,22H,6-9,11-12H2,1-3H3,(H,19,23)/t14-/m1/s1. The molecule has 0 saturated carbocycles. The maximum Gasteiger partial charge on any atom is 0.253 e. The van der Waals surface area contributed by atoms with E-state index in [2.05, 4.69) is 5.32 Å². The van der Waals surface area contributed by atoms with Gasteiger partial charge in [-0.1, -0.05) is 0 Å². The largest absolute Gasteiger partial charge is 0.489 e. The van der Waals surface area contributed by atoms with Crippen LogP contribution in [0.2, 0.25) is 0 Å². The van der Waals surface area contributed by atoms with Gasteiger partial charge in [-0.2, -0.15) is 0 Å². The third-order valence-electron chi connectivity index (χ3n) is 4.20. The SMILES string of the molecule is CN(C)C(=O)c1ccc2c(c1)N(C)[C@H](CC(=O)NCCOCCO)CO2. The Bertz CT molecular complexity index is 635. The van der Waals surface area contributed by atoms with Crippen molar-refractivity contribution in [1.82, 2.24) is 10.2 Å². The minimum Gasteiger partial charge on any atom is -0.489 e. The van der Waals surface area contributed by atoms with Gasteiger partial charge < -0.3 is 29.7 Å². The zero-order valence-electron chi connectivity index (χ0n) is 15.5. The zero-order valence-corrected chi connectivity index (χ0v) is 15.5. The number of amides is 2. The Labute approximate surface area is 153 Å². The Morgan fingerprint density at radius 3 is 2.85 bits per heavy atom. The Kier molecular flexibility index (Phi) is 7.23. The molecular formula is C18H27N3O5. The Balaban J connectivity index is 1.95. The van der Waals surface area contributed by atoms with Gasteiger partial charge in [0.05, 0.1) is 38.0 Å². The van der Waals surface area contributed by atoms with Gasteiger partial charge in [0.15, 0.2) is 0 Å². The van der Waals surface area contributed by atoms with Gasteiger partial charge in [-0.05, 0) is 18.2 Å².